The summed E-state index contributed by atoms with van der Waals surface area (Å²) in [5.74, 6) is -1.46. The second-order valence-electron chi connectivity index (χ2n) is 4.88. The number of hydrogen-bond donors (Lipinski definition) is 3. The first-order valence-electron chi connectivity index (χ1n) is 6.80. The molecule has 1 aromatic carbocycles. The molecule has 0 aliphatic heterocycles. The molecule has 0 aliphatic carbocycles. The molecule has 5 heteroatoms. The molecule has 20 heavy (non-hydrogen) atoms. The van der Waals surface area contributed by atoms with Crippen molar-refractivity contribution in [3.8, 4) is 0 Å². The summed E-state index contributed by atoms with van der Waals surface area (Å²) in [5.41, 5.74) is 5.58. The Kier molecular flexibility index (Phi) is 5.70. The summed E-state index contributed by atoms with van der Waals surface area (Å²) in [4.78, 5) is 23.4. The van der Waals surface area contributed by atoms with Gasteiger partial charge < -0.3 is 16.2 Å². The molecule has 110 valence electrons. The molecule has 4 N–H and O–H groups in total. The van der Waals surface area contributed by atoms with Gasteiger partial charge in [-0.2, -0.15) is 0 Å². The fraction of sp³-hybridized carbons (Fsp3) is 0.467. The Hall–Kier alpha value is -1.88. The first-order valence-corrected chi connectivity index (χ1v) is 6.80. The highest BCUT2D eigenvalue weighted by molar-refractivity contribution is 5.89. The third-order valence-corrected chi connectivity index (χ3v) is 3.61. The van der Waals surface area contributed by atoms with Gasteiger partial charge in [-0.25, -0.2) is 4.79 Å². The van der Waals surface area contributed by atoms with E-state index in [-0.39, 0.29) is 0 Å². The van der Waals surface area contributed by atoms with E-state index in [0.29, 0.717) is 19.3 Å². The lowest BCUT2D eigenvalue weighted by molar-refractivity contribution is -0.148. The van der Waals surface area contributed by atoms with Crippen LogP contribution in [0.3, 0.4) is 0 Å². The van der Waals surface area contributed by atoms with Crippen molar-refractivity contribution >= 4 is 11.9 Å². The molecule has 1 atom stereocenters. The van der Waals surface area contributed by atoms with Crippen LogP contribution >= 0.6 is 0 Å². The number of nitrogens with two attached hydrogens (primary N) is 1. The highest BCUT2D eigenvalue weighted by atomic mass is 16.4. The van der Waals surface area contributed by atoms with Gasteiger partial charge in [-0.1, -0.05) is 44.2 Å². The minimum absolute atomic E-state index is 0.322. The van der Waals surface area contributed by atoms with Crippen LogP contribution < -0.4 is 11.1 Å². The molecule has 5 nitrogen and oxygen atoms in total. The van der Waals surface area contributed by atoms with Gasteiger partial charge in [-0.3, -0.25) is 4.79 Å². The molecule has 0 fully saturated rings. The van der Waals surface area contributed by atoms with Crippen LogP contribution in [-0.4, -0.2) is 28.6 Å². The third-order valence-electron chi connectivity index (χ3n) is 3.61. The maximum atomic E-state index is 12.1. The van der Waals surface area contributed by atoms with E-state index in [1.807, 2.05) is 30.3 Å². The maximum Gasteiger partial charge on any atom is 0.329 e. The number of nitrogens with one attached hydrogen (secondary N) is 1. The summed E-state index contributed by atoms with van der Waals surface area (Å²) < 4.78 is 0. The quantitative estimate of drug-likeness (QED) is 0.701. The van der Waals surface area contributed by atoms with Gasteiger partial charge in [0.2, 0.25) is 5.91 Å². The first-order chi connectivity index (χ1) is 9.45. The van der Waals surface area contributed by atoms with E-state index in [9.17, 15) is 14.7 Å². The summed E-state index contributed by atoms with van der Waals surface area (Å²) in [7, 11) is 0. The molecule has 1 rings (SSSR count). The molecule has 0 radical (unpaired) electrons. The van der Waals surface area contributed by atoms with Gasteiger partial charge in [0.05, 0.1) is 6.04 Å². The minimum Gasteiger partial charge on any atom is -0.480 e. The standard InChI is InChI=1S/C15H22N2O3/c1-3-15(4-2,14(19)20)17-13(18)12(16)10-11-8-6-5-7-9-11/h5-9,12H,3-4,10,16H2,1-2H3,(H,17,18)(H,19,20)/t12-/m0/s1. The molecule has 1 aromatic rings. The van der Waals surface area contributed by atoms with E-state index in [2.05, 4.69) is 5.32 Å². The van der Waals surface area contributed by atoms with Crippen LogP contribution in [0.2, 0.25) is 0 Å². The fourth-order valence-corrected chi connectivity index (χ4v) is 2.07. The Morgan fingerprint density at radius 3 is 2.25 bits per heavy atom. The molecule has 0 saturated heterocycles. The number of hydrogen-bond acceptors (Lipinski definition) is 3. The predicted molar refractivity (Wildman–Crippen MR) is 77.2 cm³/mol. The number of carbonyl (C=O) groups is 2. The molecule has 0 spiro atoms. The number of carboxylic acid groups (broad SMARTS) is 1. The smallest absolute Gasteiger partial charge is 0.329 e. The van der Waals surface area contributed by atoms with E-state index in [1.54, 1.807) is 13.8 Å². The van der Waals surface area contributed by atoms with Crippen LogP contribution in [0.25, 0.3) is 0 Å². The van der Waals surface area contributed by atoms with E-state index in [0.717, 1.165) is 5.56 Å². The Bertz CT molecular complexity index is 455. The second-order valence-corrected chi connectivity index (χ2v) is 4.88. The summed E-state index contributed by atoms with van der Waals surface area (Å²) in [5, 5.41) is 11.9. The van der Waals surface area contributed by atoms with Crippen molar-refractivity contribution < 1.29 is 14.7 Å². The van der Waals surface area contributed by atoms with Gasteiger partial charge in [0.1, 0.15) is 5.54 Å². The van der Waals surface area contributed by atoms with Crippen molar-refractivity contribution in [1.82, 2.24) is 5.32 Å². The molecule has 0 aromatic heterocycles. The largest absolute Gasteiger partial charge is 0.480 e. The van der Waals surface area contributed by atoms with Crippen LogP contribution in [0, 0.1) is 0 Å². The number of amides is 1. The van der Waals surface area contributed by atoms with Crippen molar-refractivity contribution in [3.05, 3.63) is 35.9 Å². The van der Waals surface area contributed by atoms with Gasteiger partial charge in [-0.15, -0.1) is 0 Å². The van der Waals surface area contributed by atoms with Crippen LogP contribution in [0.5, 0.6) is 0 Å². The van der Waals surface area contributed by atoms with Gasteiger partial charge in [0.15, 0.2) is 0 Å². The van der Waals surface area contributed by atoms with Gasteiger partial charge in [0, 0.05) is 0 Å². The first kappa shape index (κ1) is 16.2. The van der Waals surface area contributed by atoms with Crippen molar-refractivity contribution in [2.75, 3.05) is 0 Å². The number of carboxylic acids is 1. The Labute approximate surface area is 119 Å². The normalized spacial score (nSPS) is 12.8. The number of carbonyl (C=O) groups excluding carboxylic acids is 1. The van der Waals surface area contributed by atoms with E-state index < -0.39 is 23.5 Å². The zero-order chi connectivity index (χ0) is 15.2. The summed E-state index contributed by atoms with van der Waals surface area (Å²) in [6.07, 6.45) is 1.03. The Balaban J connectivity index is 2.72. The summed E-state index contributed by atoms with van der Waals surface area (Å²) in [6, 6.07) is 8.65. The van der Waals surface area contributed by atoms with Crippen LogP contribution in [-0.2, 0) is 16.0 Å². The average Bonchev–Trinajstić information content (AvgIpc) is 2.45. The summed E-state index contributed by atoms with van der Waals surface area (Å²) >= 11 is 0. The molecule has 0 bridgehead atoms. The predicted octanol–water partition coefficient (Wildman–Crippen LogP) is 1.32. The number of rotatable bonds is 7. The zero-order valence-corrected chi connectivity index (χ0v) is 11.9. The zero-order valence-electron chi connectivity index (χ0n) is 11.9. The number of aliphatic carboxylic acids is 1. The van der Waals surface area contributed by atoms with Gasteiger partial charge in [0.25, 0.3) is 0 Å². The van der Waals surface area contributed by atoms with Gasteiger partial charge in [-0.05, 0) is 24.8 Å². The topological polar surface area (TPSA) is 92.4 Å². The highest BCUT2D eigenvalue weighted by Crippen LogP contribution is 2.16. The van der Waals surface area contributed by atoms with E-state index >= 15 is 0 Å². The van der Waals surface area contributed by atoms with Crippen LogP contribution in [0.1, 0.15) is 32.3 Å². The van der Waals surface area contributed by atoms with E-state index in [1.165, 1.54) is 0 Å². The third kappa shape index (κ3) is 3.81. The highest BCUT2D eigenvalue weighted by Gasteiger charge is 2.37. The lowest BCUT2D eigenvalue weighted by Gasteiger charge is -2.29. The Morgan fingerprint density at radius 1 is 1.25 bits per heavy atom. The molecule has 0 heterocycles. The van der Waals surface area contributed by atoms with Crippen molar-refractivity contribution in [1.29, 1.82) is 0 Å². The number of benzene rings is 1. The van der Waals surface area contributed by atoms with Gasteiger partial charge >= 0.3 is 5.97 Å². The van der Waals surface area contributed by atoms with Crippen LogP contribution in [0.4, 0.5) is 0 Å². The molecule has 0 aliphatic rings. The minimum atomic E-state index is -1.23. The Morgan fingerprint density at radius 2 is 1.80 bits per heavy atom. The molecule has 1 amide bonds. The van der Waals surface area contributed by atoms with Crippen LogP contribution in [0.15, 0.2) is 30.3 Å². The SMILES string of the molecule is CCC(CC)(NC(=O)[C@@H](N)Cc1ccccc1)C(=O)O. The van der Waals surface area contributed by atoms with Crippen molar-refractivity contribution in [2.45, 2.75) is 44.7 Å². The lowest BCUT2D eigenvalue weighted by Crippen LogP contribution is -2.58. The average molecular weight is 278 g/mol. The fourth-order valence-electron chi connectivity index (χ4n) is 2.07. The second kappa shape index (κ2) is 7.05. The molecular weight excluding hydrogens is 256 g/mol. The monoisotopic (exact) mass is 278 g/mol. The van der Waals surface area contributed by atoms with E-state index in [4.69, 9.17) is 5.73 Å². The molecule has 0 unspecified atom stereocenters. The lowest BCUT2D eigenvalue weighted by atomic mass is 9.92. The molecule has 0 saturated carbocycles. The van der Waals surface area contributed by atoms with Crippen molar-refractivity contribution in [3.63, 3.8) is 0 Å². The summed E-state index contributed by atoms with van der Waals surface area (Å²) in [6.45, 7) is 3.47. The van der Waals surface area contributed by atoms with Crippen molar-refractivity contribution in [2.24, 2.45) is 5.73 Å². The molecular formula is C15H22N2O3. The maximum absolute atomic E-state index is 12.1.